The lowest BCUT2D eigenvalue weighted by atomic mass is 10.0. The molecule has 2 heterocycles. The molecule has 0 radical (unpaired) electrons. The van der Waals surface area contributed by atoms with Crippen molar-refractivity contribution >= 4 is 15.7 Å². The molecule has 6 heteroatoms. The smallest absolute Gasteiger partial charge is 0.261 e. The van der Waals surface area contributed by atoms with E-state index < -0.39 is 15.1 Å². The molecule has 0 saturated carbocycles. The highest BCUT2D eigenvalue weighted by Gasteiger charge is 2.47. The van der Waals surface area contributed by atoms with E-state index in [1.165, 1.54) is 5.56 Å². The maximum Gasteiger partial charge on any atom is 0.261 e. The van der Waals surface area contributed by atoms with Crippen LogP contribution in [0.3, 0.4) is 0 Å². The van der Waals surface area contributed by atoms with E-state index in [0.29, 0.717) is 29.4 Å². The van der Waals surface area contributed by atoms with Gasteiger partial charge in [-0.05, 0) is 61.4 Å². The van der Waals surface area contributed by atoms with E-state index in [1.807, 2.05) is 35.2 Å². The predicted molar refractivity (Wildman–Crippen MR) is 116 cm³/mol. The summed E-state index contributed by atoms with van der Waals surface area (Å²) in [5, 5.41) is -0.425. The second kappa shape index (κ2) is 8.42. The van der Waals surface area contributed by atoms with Gasteiger partial charge in [0.1, 0.15) is 5.75 Å². The summed E-state index contributed by atoms with van der Waals surface area (Å²) in [6.45, 7) is 4.26. The summed E-state index contributed by atoms with van der Waals surface area (Å²) in [6, 6.07) is 16.4. The maximum atomic E-state index is 13.0. The Balaban J connectivity index is 1.39. The third kappa shape index (κ3) is 4.10. The molecule has 0 aromatic heterocycles. The second-order valence-electron chi connectivity index (χ2n) is 8.65. The largest absolute Gasteiger partial charge is 0.484 e. The highest BCUT2D eigenvalue weighted by Crippen LogP contribution is 2.40. The van der Waals surface area contributed by atoms with Crippen LogP contribution in [-0.4, -0.2) is 43.2 Å². The minimum atomic E-state index is -3.37. The summed E-state index contributed by atoms with van der Waals surface area (Å²) in [4.78, 5) is 15.2. The number of amides is 1. The number of rotatable bonds is 6. The highest BCUT2D eigenvalue weighted by atomic mass is 32.2. The van der Waals surface area contributed by atoms with Gasteiger partial charge in [0.2, 0.25) is 0 Å². The second-order valence-corrected chi connectivity index (χ2v) is 10.9. The number of carbonyl (C=O) groups excluding carboxylic acids is 1. The van der Waals surface area contributed by atoms with Crippen LogP contribution in [0.5, 0.6) is 5.75 Å². The first kappa shape index (κ1) is 20.9. The van der Waals surface area contributed by atoms with Crippen LogP contribution in [0.15, 0.2) is 59.5 Å². The summed E-state index contributed by atoms with van der Waals surface area (Å²) in [5.74, 6) is 1.08. The van der Waals surface area contributed by atoms with Crippen LogP contribution in [0.25, 0.3) is 0 Å². The van der Waals surface area contributed by atoms with Crippen LogP contribution in [0.1, 0.15) is 51.0 Å². The molecule has 2 aliphatic rings. The molecule has 2 aromatic rings. The minimum absolute atomic E-state index is 0.00979. The lowest BCUT2D eigenvalue weighted by molar-refractivity contribution is -0.137. The average Bonchev–Trinajstić information content (AvgIpc) is 3.02. The number of nitrogens with zero attached hydrogens (tertiary/aromatic N) is 1. The Hall–Kier alpha value is -2.34. The van der Waals surface area contributed by atoms with Gasteiger partial charge in [-0.15, -0.1) is 0 Å². The van der Waals surface area contributed by atoms with Gasteiger partial charge in [0.05, 0.1) is 10.1 Å². The zero-order chi connectivity index (χ0) is 21.3. The Bertz CT molecular complexity index is 972. The molecule has 2 atom stereocenters. The molecule has 2 fully saturated rings. The van der Waals surface area contributed by atoms with Crippen molar-refractivity contribution in [3.8, 4) is 5.75 Å². The van der Waals surface area contributed by atoms with Crippen molar-refractivity contribution < 1.29 is 17.9 Å². The predicted octanol–water partition coefficient (Wildman–Crippen LogP) is 4.18. The van der Waals surface area contributed by atoms with Gasteiger partial charge >= 0.3 is 0 Å². The molecule has 5 nitrogen and oxygen atoms in total. The lowest BCUT2D eigenvalue weighted by Crippen LogP contribution is -2.51. The fraction of sp³-hybridized carbons (Fsp3) is 0.458. The zero-order valence-electron chi connectivity index (χ0n) is 17.5. The molecule has 0 aliphatic carbocycles. The molecular weight excluding hydrogens is 398 g/mol. The number of carbonyl (C=O) groups is 1. The van der Waals surface area contributed by atoms with E-state index in [4.69, 9.17) is 4.74 Å². The molecule has 2 aliphatic heterocycles. The number of piperidine rings is 1. The van der Waals surface area contributed by atoms with Gasteiger partial charge in [-0.2, -0.15) is 0 Å². The van der Waals surface area contributed by atoms with Crippen LogP contribution in [0, 0.1) is 0 Å². The maximum absolute atomic E-state index is 13.0. The van der Waals surface area contributed by atoms with Gasteiger partial charge in [0.15, 0.2) is 16.4 Å². The Morgan fingerprint density at radius 2 is 1.60 bits per heavy atom. The summed E-state index contributed by atoms with van der Waals surface area (Å²) in [7, 11) is -3.37. The van der Waals surface area contributed by atoms with Gasteiger partial charge in [-0.3, -0.25) is 4.79 Å². The average molecular weight is 428 g/mol. The molecule has 30 heavy (non-hydrogen) atoms. The van der Waals surface area contributed by atoms with Crippen molar-refractivity contribution in [3.63, 3.8) is 0 Å². The number of sulfone groups is 1. The fourth-order valence-corrected chi connectivity index (χ4v) is 6.63. The van der Waals surface area contributed by atoms with Crippen molar-refractivity contribution in [2.45, 2.75) is 67.7 Å². The minimum Gasteiger partial charge on any atom is -0.484 e. The molecule has 2 aromatic carbocycles. The van der Waals surface area contributed by atoms with Crippen LogP contribution in [-0.2, 0) is 14.6 Å². The SMILES string of the molecule is CC(C)c1ccc(OCC(=O)N2C3CCC2CC(S(=O)(=O)c2ccccc2)C3)cc1. The first-order valence-corrected chi connectivity index (χ1v) is 12.2. The molecule has 0 spiro atoms. The van der Waals surface area contributed by atoms with E-state index in [2.05, 4.69) is 13.8 Å². The van der Waals surface area contributed by atoms with E-state index in [9.17, 15) is 13.2 Å². The monoisotopic (exact) mass is 427 g/mol. The van der Waals surface area contributed by atoms with Crippen LogP contribution in [0.4, 0.5) is 0 Å². The summed E-state index contributed by atoms with van der Waals surface area (Å²) < 4.78 is 31.8. The van der Waals surface area contributed by atoms with Crippen molar-refractivity contribution in [3.05, 3.63) is 60.2 Å². The molecule has 160 valence electrons. The first-order valence-electron chi connectivity index (χ1n) is 10.7. The number of benzene rings is 2. The van der Waals surface area contributed by atoms with Gasteiger partial charge < -0.3 is 9.64 Å². The van der Waals surface area contributed by atoms with E-state index >= 15 is 0 Å². The molecule has 0 N–H and O–H groups in total. The number of ether oxygens (including phenoxy) is 1. The normalized spacial score (nSPS) is 23.6. The molecule has 1 amide bonds. The third-order valence-electron chi connectivity index (χ3n) is 6.40. The molecule has 2 bridgehead atoms. The topological polar surface area (TPSA) is 63.7 Å². The van der Waals surface area contributed by atoms with Gasteiger partial charge in [-0.1, -0.05) is 44.2 Å². The zero-order valence-corrected chi connectivity index (χ0v) is 18.3. The molecule has 4 rings (SSSR count). The number of hydrogen-bond acceptors (Lipinski definition) is 4. The number of hydrogen-bond donors (Lipinski definition) is 0. The van der Waals surface area contributed by atoms with Crippen LogP contribution >= 0.6 is 0 Å². The fourth-order valence-electron chi connectivity index (χ4n) is 4.76. The number of fused-ring (bicyclic) bond motifs is 2. The third-order valence-corrected chi connectivity index (χ3v) is 8.59. The van der Waals surface area contributed by atoms with E-state index in [1.54, 1.807) is 24.3 Å². The quantitative estimate of drug-likeness (QED) is 0.694. The summed E-state index contributed by atoms with van der Waals surface area (Å²) >= 11 is 0. The van der Waals surface area contributed by atoms with Crippen molar-refractivity contribution in [1.82, 2.24) is 4.90 Å². The molecule has 2 saturated heterocycles. The van der Waals surface area contributed by atoms with Crippen molar-refractivity contribution in [1.29, 1.82) is 0 Å². The summed E-state index contributed by atoms with van der Waals surface area (Å²) in [5.41, 5.74) is 1.23. The first-order chi connectivity index (χ1) is 14.4. The van der Waals surface area contributed by atoms with E-state index in [0.717, 1.165) is 12.8 Å². The standard InChI is InChI=1S/C24H29NO4S/c1-17(2)18-8-12-21(13-9-18)29-16-24(26)25-19-10-11-20(25)15-23(14-19)30(27,28)22-6-4-3-5-7-22/h3-9,12-13,17,19-20,23H,10-11,14-16H2,1-2H3. The van der Waals surface area contributed by atoms with Crippen molar-refractivity contribution in [2.24, 2.45) is 0 Å². The van der Waals surface area contributed by atoms with Gasteiger partial charge in [-0.25, -0.2) is 8.42 Å². The summed E-state index contributed by atoms with van der Waals surface area (Å²) in [6.07, 6.45) is 2.73. The van der Waals surface area contributed by atoms with Crippen LogP contribution in [0.2, 0.25) is 0 Å². The van der Waals surface area contributed by atoms with Crippen LogP contribution < -0.4 is 4.74 Å². The Morgan fingerprint density at radius 3 is 2.17 bits per heavy atom. The highest BCUT2D eigenvalue weighted by molar-refractivity contribution is 7.92. The van der Waals surface area contributed by atoms with E-state index in [-0.39, 0.29) is 24.6 Å². The molecule has 2 unspecified atom stereocenters. The van der Waals surface area contributed by atoms with Crippen molar-refractivity contribution in [2.75, 3.05) is 6.61 Å². The Labute approximate surface area is 179 Å². The lowest BCUT2D eigenvalue weighted by Gasteiger charge is -2.38. The van der Waals surface area contributed by atoms with Gasteiger partial charge in [0, 0.05) is 12.1 Å². The molecular formula is C24H29NO4S. The Kier molecular flexibility index (Phi) is 5.87. The van der Waals surface area contributed by atoms with Gasteiger partial charge in [0.25, 0.3) is 5.91 Å². The Morgan fingerprint density at radius 1 is 1.00 bits per heavy atom.